The first-order chi connectivity index (χ1) is 9.13. The molecule has 1 saturated carbocycles. The van der Waals surface area contributed by atoms with Crippen LogP contribution in [0.5, 0.6) is 0 Å². The van der Waals surface area contributed by atoms with Gasteiger partial charge in [-0.05, 0) is 43.5 Å². The Balaban J connectivity index is 1.68. The number of carbonyl (C=O) groups is 1. The summed E-state index contributed by atoms with van der Waals surface area (Å²) in [5.41, 5.74) is 1.03. The van der Waals surface area contributed by atoms with E-state index in [1.54, 1.807) is 0 Å². The SMILES string of the molecule is CN(CC(=O)NCc1cccc(Cl)c1)CC1CCC1. The molecule has 0 saturated heterocycles. The molecule has 1 aromatic rings. The first-order valence-electron chi connectivity index (χ1n) is 6.83. The highest BCUT2D eigenvalue weighted by Crippen LogP contribution is 2.26. The van der Waals surface area contributed by atoms with Crippen molar-refractivity contribution in [3.8, 4) is 0 Å². The molecule has 3 nitrogen and oxygen atoms in total. The smallest absolute Gasteiger partial charge is 0.234 e. The van der Waals surface area contributed by atoms with Gasteiger partial charge in [0.1, 0.15) is 0 Å². The molecule has 2 rings (SSSR count). The number of hydrogen-bond donors (Lipinski definition) is 1. The van der Waals surface area contributed by atoms with Crippen LogP contribution in [0.3, 0.4) is 0 Å². The van der Waals surface area contributed by atoms with Crippen LogP contribution in [0.25, 0.3) is 0 Å². The van der Waals surface area contributed by atoms with E-state index in [4.69, 9.17) is 11.6 Å². The van der Waals surface area contributed by atoms with Gasteiger partial charge in [0, 0.05) is 18.1 Å². The second-order valence-electron chi connectivity index (χ2n) is 5.40. The maximum absolute atomic E-state index is 11.8. The summed E-state index contributed by atoms with van der Waals surface area (Å²) in [5.74, 6) is 0.868. The third kappa shape index (κ3) is 4.84. The standard InChI is InChI=1S/C15H21ClN2O/c1-18(10-12-4-2-5-12)11-15(19)17-9-13-6-3-7-14(16)8-13/h3,6-8,12H,2,4-5,9-11H2,1H3,(H,17,19). The lowest BCUT2D eigenvalue weighted by Gasteiger charge is -2.29. The maximum atomic E-state index is 11.8. The molecule has 1 N–H and O–H groups in total. The summed E-state index contributed by atoms with van der Waals surface area (Å²) < 4.78 is 0. The van der Waals surface area contributed by atoms with Crippen LogP contribution in [0.1, 0.15) is 24.8 Å². The molecule has 1 aromatic carbocycles. The van der Waals surface area contributed by atoms with E-state index in [0.29, 0.717) is 18.1 Å². The fourth-order valence-electron chi connectivity index (χ4n) is 2.33. The van der Waals surface area contributed by atoms with Crippen LogP contribution in [-0.2, 0) is 11.3 Å². The lowest BCUT2D eigenvalue weighted by molar-refractivity contribution is -0.122. The molecule has 0 atom stereocenters. The van der Waals surface area contributed by atoms with E-state index in [1.807, 2.05) is 31.3 Å². The van der Waals surface area contributed by atoms with Gasteiger partial charge in [-0.15, -0.1) is 0 Å². The molecule has 1 aliphatic carbocycles. The van der Waals surface area contributed by atoms with E-state index in [1.165, 1.54) is 19.3 Å². The predicted octanol–water partition coefficient (Wildman–Crippen LogP) is 2.69. The molecule has 19 heavy (non-hydrogen) atoms. The highest BCUT2D eigenvalue weighted by atomic mass is 35.5. The van der Waals surface area contributed by atoms with Gasteiger partial charge in [-0.3, -0.25) is 9.69 Å². The fourth-order valence-corrected chi connectivity index (χ4v) is 2.54. The van der Waals surface area contributed by atoms with Crippen molar-refractivity contribution in [1.82, 2.24) is 10.2 Å². The number of amides is 1. The van der Waals surface area contributed by atoms with Crippen LogP contribution in [0.2, 0.25) is 5.02 Å². The minimum atomic E-state index is 0.0711. The number of halogens is 1. The number of carbonyl (C=O) groups excluding carboxylic acids is 1. The number of nitrogens with zero attached hydrogens (tertiary/aromatic N) is 1. The normalized spacial score (nSPS) is 15.3. The first-order valence-corrected chi connectivity index (χ1v) is 7.21. The Morgan fingerprint density at radius 2 is 2.26 bits per heavy atom. The first kappa shape index (κ1) is 14.4. The molecule has 1 aliphatic rings. The molecule has 1 fully saturated rings. The molecule has 0 aromatic heterocycles. The van der Waals surface area contributed by atoms with Crippen molar-refractivity contribution in [2.45, 2.75) is 25.8 Å². The summed E-state index contributed by atoms with van der Waals surface area (Å²) in [6.45, 7) is 2.04. The average molecular weight is 281 g/mol. The molecule has 0 aliphatic heterocycles. The van der Waals surface area contributed by atoms with Crippen LogP contribution in [0.15, 0.2) is 24.3 Å². The average Bonchev–Trinajstić information content (AvgIpc) is 2.32. The Hall–Kier alpha value is -1.06. The van der Waals surface area contributed by atoms with Gasteiger partial charge in [-0.1, -0.05) is 30.2 Å². The maximum Gasteiger partial charge on any atom is 0.234 e. The van der Waals surface area contributed by atoms with E-state index in [9.17, 15) is 4.79 Å². The molecule has 1 amide bonds. The molecule has 0 radical (unpaired) electrons. The summed E-state index contributed by atoms with van der Waals surface area (Å²) in [4.78, 5) is 13.9. The van der Waals surface area contributed by atoms with Crippen molar-refractivity contribution in [2.24, 2.45) is 5.92 Å². The van der Waals surface area contributed by atoms with Crippen LogP contribution >= 0.6 is 11.6 Å². The minimum Gasteiger partial charge on any atom is -0.351 e. The summed E-state index contributed by atoms with van der Waals surface area (Å²) in [5, 5.41) is 3.63. The second kappa shape index (κ2) is 6.92. The molecule has 0 heterocycles. The Labute approximate surface area is 119 Å². The van der Waals surface area contributed by atoms with E-state index in [2.05, 4.69) is 10.2 Å². The zero-order valence-electron chi connectivity index (χ0n) is 11.4. The third-order valence-corrected chi connectivity index (χ3v) is 3.82. The Morgan fingerprint density at radius 1 is 1.47 bits per heavy atom. The number of benzene rings is 1. The second-order valence-corrected chi connectivity index (χ2v) is 5.84. The zero-order chi connectivity index (χ0) is 13.7. The van der Waals surface area contributed by atoms with Crippen molar-refractivity contribution in [3.63, 3.8) is 0 Å². The molecular weight excluding hydrogens is 260 g/mol. The van der Waals surface area contributed by atoms with Crippen molar-refractivity contribution in [3.05, 3.63) is 34.9 Å². The Morgan fingerprint density at radius 3 is 2.89 bits per heavy atom. The monoisotopic (exact) mass is 280 g/mol. The quantitative estimate of drug-likeness (QED) is 0.869. The summed E-state index contributed by atoms with van der Waals surface area (Å²) in [6, 6.07) is 7.57. The van der Waals surface area contributed by atoms with Crippen LogP contribution in [0, 0.1) is 5.92 Å². The molecule has 0 unspecified atom stereocenters. The summed E-state index contributed by atoms with van der Waals surface area (Å²) in [6.07, 6.45) is 3.97. The van der Waals surface area contributed by atoms with Crippen molar-refractivity contribution in [1.29, 1.82) is 0 Å². The van der Waals surface area contributed by atoms with Crippen LogP contribution < -0.4 is 5.32 Å². The topological polar surface area (TPSA) is 32.3 Å². The van der Waals surface area contributed by atoms with E-state index < -0.39 is 0 Å². The number of rotatable bonds is 6. The molecule has 0 bridgehead atoms. The molecule has 104 valence electrons. The molecule has 0 spiro atoms. The number of hydrogen-bond acceptors (Lipinski definition) is 2. The van der Waals surface area contributed by atoms with Gasteiger partial charge < -0.3 is 5.32 Å². The number of likely N-dealkylation sites (N-methyl/N-ethyl adjacent to an activating group) is 1. The van der Waals surface area contributed by atoms with Crippen molar-refractivity contribution in [2.75, 3.05) is 20.1 Å². The van der Waals surface area contributed by atoms with Gasteiger partial charge in [0.25, 0.3) is 0 Å². The van der Waals surface area contributed by atoms with Crippen molar-refractivity contribution < 1.29 is 4.79 Å². The lowest BCUT2D eigenvalue weighted by atomic mass is 9.85. The predicted molar refractivity (Wildman–Crippen MR) is 78.1 cm³/mol. The highest BCUT2D eigenvalue weighted by molar-refractivity contribution is 6.30. The summed E-state index contributed by atoms with van der Waals surface area (Å²) in [7, 11) is 2.01. The van der Waals surface area contributed by atoms with Gasteiger partial charge in [-0.25, -0.2) is 0 Å². The van der Waals surface area contributed by atoms with Crippen molar-refractivity contribution >= 4 is 17.5 Å². The minimum absolute atomic E-state index is 0.0711. The van der Waals surface area contributed by atoms with Gasteiger partial charge in [-0.2, -0.15) is 0 Å². The molecular formula is C15H21ClN2O. The van der Waals surface area contributed by atoms with Gasteiger partial charge in [0.05, 0.1) is 6.54 Å². The van der Waals surface area contributed by atoms with Gasteiger partial charge in [0.15, 0.2) is 0 Å². The van der Waals surface area contributed by atoms with E-state index >= 15 is 0 Å². The largest absolute Gasteiger partial charge is 0.351 e. The Kier molecular flexibility index (Phi) is 5.23. The zero-order valence-corrected chi connectivity index (χ0v) is 12.1. The highest BCUT2D eigenvalue weighted by Gasteiger charge is 2.19. The lowest BCUT2D eigenvalue weighted by Crippen LogP contribution is -2.38. The van der Waals surface area contributed by atoms with E-state index in [-0.39, 0.29) is 5.91 Å². The van der Waals surface area contributed by atoms with Crippen LogP contribution in [-0.4, -0.2) is 30.9 Å². The Bertz CT molecular complexity index is 432. The van der Waals surface area contributed by atoms with E-state index in [0.717, 1.165) is 18.0 Å². The number of nitrogens with one attached hydrogen (secondary N) is 1. The third-order valence-electron chi connectivity index (χ3n) is 3.59. The fraction of sp³-hybridized carbons (Fsp3) is 0.533. The van der Waals surface area contributed by atoms with Gasteiger partial charge >= 0.3 is 0 Å². The molecule has 4 heteroatoms. The van der Waals surface area contributed by atoms with Crippen LogP contribution in [0.4, 0.5) is 0 Å². The van der Waals surface area contributed by atoms with Gasteiger partial charge in [0.2, 0.25) is 5.91 Å². The summed E-state index contributed by atoms with van der Waals surface area (Å²) >= 11 is 5.90.